The topological polar surface area (TPSA) is 102 Å². The first-order valence-corrected chi connectivity index (χ1v) is 6.20. The molecule has 20 heavy (non-hydrogen) atoms. The van der Waals surface area contributed by atoms with Gasteiger partial charge in [0.25, 0.3) is 0 Å². The Kier molecular flexibility index (Phi) is 6.13. The third-order valence-electron chi connectivity index (χ3n) is 2.12. The maximum atomic E-state index is 11.6. The van der Waals surface area contributed by atoms with Crippen molar-refractivity contribution >= 4 is 39.5 Å². The number of rotatable bonds is 6. The van der Waals surface area contributed by atoms with Crippen LogP contribution in [-0.4, -0.2) is 43.3 Å². The standard InChI is InChI=1S/C12H12BrNO6/c1-19-12(18)8-4-7(13)2-3-9(8)14-10(15)5-20-6-11(16)17/h2-4H,5-6H2,1H3,(H,14,15)(H,16,17). The fourth-order valence-electron chi connectivity index (χ4n) is 1.32. The Hall–Kier alpha value is -1.93. The molecule has 2 N–H and O–H groups in total. The van der Waals surface area contributed by atoms with E-state index in [1.165, 1.54) is 19.2 Å². The Morgan fingerprint density at radius 2 is 2.00 bits per heavy atom. The molecule has 0 unspecified atom stereocenters. The average molecular weight is 346 g/mol. The summed E-state index contributed by atoms with van der Waals surface area (Å²) < 4.78 is 9.90. The van der Waals surface area contributed by atoms with Crippen molar-refractivity contribution in [2.45, 2.75) is 0 Å². The first kappa shape index (κ1) is 16.1. The smallest absolute Gasteiger partial charge is 0.340 e. The van der Waals surface area contributed by atoms with Gasteiger partial charge < -0.3 is 19.9 Å². The number of hydrogen-bond acceptors (Lipinski definition) is 5. The minimum absolute atomic E-state index is 0.174. The molecule has 108 valence electrons. The third-order valence-corrected chi connectivity index (χ3v) is 2.61. The van der Waals surface area contributed by atoms with Crippen molar-refractivity contribution < 1.29 is 29.0 Å². The summed E-state index contributed by atoms with van der Waals surface area (Å²) in [5, 5.41) is 10.8. The highest BCUT2D eigenvalue weighted by molar-refractivity contribution is 9.10. The monoisotopic (exact) mass is 345 g/mol. The van der Waals surface area contributed by atoms with E-state index in [4.69, 9.17) is 5.11 Å². The molecule has 1 rings (SSSR count). The number of carbonyl (C=O) groups excluding carboxylic acids is 2. The van der Waals surface area contributed by atoms with Crippen LogP contribution in [0.3, 0.4) is 0 Å². The van der Waals surface area contributed by atoms with E-state index >= 15 is 0 Å². The van der Waals surface area contributed by atoms with Gasteiger partial charge in [-0.15, -0.1) is 0 Å². The number of anilines is 1. The van der Waals surface area contributed by atoms with Crippen LogP contribution in [0.5, 0.6) is 0 Å². The molecule has 0 spiro atoms. The fraction of sp³-hybridized carbons (Fsp3) is 0.250. The SMILES string of the molecule is COC(=O)c1cc(Br)ccc1NC(=O)COCC(=O)O. The molecule has 8 heteroatoms. The van der Waals surface area contributed by atoms with Gasteiger partial charge in [-0.05, 0) is 18.2 Å². The van der Waals surface area contributed by atoms with Gasteiger partial charge in [0.1, 0.15) is 13.2 Å². The number of halogens is 1. The summed E-state index contributed by atoms with van der Waals surface area (Å²) in [5.41, 5.74) is 0.428. The third kappa shape index (κ3) is 4.98. The number of esters is 1. The number of carbonyl (C=O) groups is 3. The molecule has 0 bridgehead atoms. The number of aliphatic carboxylic acids is 1. The largest absolute Gasteiger partial charge is 0.480 e. The van der Waals surface area contributed by atoms with Crippen molar-refractivity contribution in [3.63, 3.8) is 0 Å². The van der Waals surface area contributed by atoms with E-state index in [1.54, 1.807) is 6.07 Å². The Morgan fingerprint density at radius 1 is 1.30 bits per heavy atom. The molecule has 0 saturated carbocycles. The lowest BCUT2D eigenvalue weighted by Crippen LogP contribution is -2.22. The maximum Gasteiger partial charge on any atom is 0.340 e. The van der Waals surface area contributed by atoms with E-state index in [2.05, 4.69) is 30.7 Å². The second-order valence-corrected chi connectivity index (χ2v) is 4.53. The Labute approximate surface area is 123 Å². The zero-order valence-corrected chi connectivity index (χ0v) is 12.1. The number of hydrogen-bond donors (Lipinski definition) is 2. The maximum absolute atomic E-state index is 11.6. The minimum Gasteiger partial charge on any atom is -0.480 e. The van der Waals surface area contributed by atoms with E-state index in [1.807, 2.05) is 0 Å². The molecular weight excluding hydrogens is 334 g/mol. The number of carboxylic acid groups (broad SMARTS) is 1. The van der Waals surface area contributed by atoms with Crippen LogP contribution in [0.15, 0.2) is 22.7 Å². The van der Waals surface area contributed by atoms with Crippen molar-refractivity contribution in [2.75, 3.05) is 25.6 Å². The van der Waals surface area contributed by atoms with E-state index in [0.29, 0.717) is 4.47 Å². The van der Waals surface area contributed by atoms with Crippen LogP contribution in [0, 0.1) is 0 Å². The zero-order chi connectivity index (χ0) is 15.1. The van der Waals surface area contributed by atoms with Gasteiger partial charge in [-0.25, -0.2) is 9.59 Å². The number of carboxylic acids is 1. The fourth-order valence-corrected chi connectivity index (χ4v) is 1.68. The van der Waals surface area contributed by atoms with Gasteiger partial charge in [0.05, 0.1) is 18.4 Å². The highest BCUT2D eigenvalue weighted by atomic mass is 79.9. The van der Waals surface area contributed by atoms with Gasteiger partial charge in [-0.1, -0.05) is 15.9 Å². The van der Waals surface area contributed by atoms with Crippen LogP contribution in [0.4, 0.5) is 5.69 Å². The highest BCUT2D eigenvalue weighted by Crippen LogP contribution is 2.21. The summed E-state index contributed by atoms with van der Waals surface area (Å²) in [4.78, 5) is 33.4. The van der Waals surface area contributed by atoms with Gasteiger partial charge >= 0.3 is 11.9 Å². The Balaban J connectivity index is 2.74. The van der Waals surface area contributed by atoms with E-state index in [-0.39, 0.29) is 11.3 Å². The van der Waals surface area contributed by atoms with E-state index < -0.39 is 31.1 Å². The normalized spacial score (nSPS) is 9.90. The lowest BCUT2D eigenvalue weighted by Gasteiger charge is -2.10. The summed E-state index contributed by atoms with van der Waals surface area (Å²) >= 11 is 3.21. The van der Waals surface area contributed by atoms with Gasteiger partial charge in [-0.3, -0.25) is 4.79 Å². The van der Waals surface area contributed by atoms with Crippen LogP contribution >= 0.6 is 15.9 Å². The number of nitrogens with one attached hydrogen (secondary N) is 1. The van der Waals surface area contributed by atoms with E-state index in [9.17, 15) is 14.4 Å². The zero-order valence-electron chi connectivity index (χ0n) is 10.5. The predicted octanol–water partition coefficient (Wildman–Crippen LogP) is 1.28. The number of methoxy groups -OCH3 is 1. The second kappa shape index (κ2) is 7.61. The first-order valence-electron chi connectivity index (χ1n) is 5.41. The average Bonchev–Trinajstić information content (AvgIpc) is 2.39. The Bertz CT molecular complexity index is 531. The van der Waals surface area contributed by atoms with Gasteiger partial charge in [-0.2, -0.15) is 0 Å². The molecule has 0 fully saturated rings. The number of amides is 1. The van der Waals surface area contributed by atoms with Crippen molar-refractivity contribution in [2.24, 2.45) is 0 Å². The van der Waals surface area contributed by atoms with Crippen molar-refractivity contribution in [3.8, 4) is 0 Å². The van der Waals surface area contributed by atoms with Crippen molar-refractivity contribution in [1.29, 1.82) is 0 Å². The summed E-state index contributed by atoms with van der Waals surface area (Å²) in [6, 6.07) is 4.66. The Morgan fingerprint density at radius 3 is 2.60 bits per heavy atom. The predicted molar refractivity (Wildman–Crippen MR) is 72.6 cm³/mol. The summed E-state index contributed by atoms with van der Waals surface area (Å²) in [5.74, 6) is -2.34. The summed E-state index contributed by atoms with van der Waals surface area (Å²) in [6.07, 6.45) is 0. The van der Waals surface area contributed by atoms with Gasteiger partial charge in [0.15, 0.2) is 0 Å². The molecular formula is C12H12BrNO6. The molecule has 1 amide bonds. The number of ether oxygens (including phenoxy) is 2. The van der Waals surface area contributed by atoms with Crippen LogP contribution in [0.1, 0.15) is 10.4 Å². The first-order chi connectivity index (χ1) is 9.43. The second-order valence-electron chi connectivity index (χ2n) is 3.62. The van der Waals surface area contributed by atoms with Crippen LogP contribution in [-0.2, 0) is 19.1 Å². The lowest BCUT2D eigenvalue weighted by molar-refractivity contribution is -0.143. The molecule has 0 aliphatic heterocycles. The van der Waals surface area contributed by atoms with Gasteiger partial charge in [0, 0.05) is 4.47 Å². The van der Waals surface area contributed by atoms with Gasteiger partial charge in [0.2, 0.25) is 5.91 Å². The van der Waals surface area contributed by atoms with Crippen LogP contribution in [0.2, 0.25) is 0 Å². The van der Waals surface area contributed by atoms with Crippen molar-refractivity contribution in [3.05, 3.63) is 28.2 Å². The minimum atomic E-state index is -1.17. The molecule has 0 atom stereocenters. The van der Waals surface area contributed by atoms with Crippen LogP contribution in [0.25, 0.3) is 0 Å². The molecule has 1 aromatic rings. The highest BCUT2D eigenvalue weighted by Gasteiger charge is 2.14. The van der Waals surface area contributed by atoms with Crippen molar-refractivity contribution in [1.82, 2.24) is 0 Å². The van der Waals surface area contributed by atoms with Crippen LogP contribution < -0.4 is 5.32 Å². The summed E-state index contributed by atoms with van der Waals surface area (Å²) in [6.45, 7) is -0.999. The molecule has 0 aliphatic carbocycles. The molecule has 1 aromatic carbocycles. The molecule has 0 radical (unpaired) electrons. The quantitative estimate of drug-likeness (QED) is 0.753. The number of benzene rings is 1. The molecule has 7 nitrogen and oxygen atoms in total. The van der Waals surface area contributed by atoms with E-state index in [0.717, 1.165) is 0 Å². The molecule has 0 aliphatic rings. The molecule has 0 saturated heterocycles. The summed E-state index contributed by atoms with van der Waals surface area (Å²) in [7, 11) is 1.23. The lowest BCUT2D eigenvalue weighted by atomic mass is 10.2. The molecule has 0 heterocycles. The molecule has 0 aromatic heterocycles.